The number of allylic oxidation sites excluding steroid dienone is 3. The first-order valence-electron chi connectivity index (χ1n) is 22.6. The van der Waals surface area contributed by atoms with Crippen molar-refractivity contribution in [1.29, 1.82) is 0 Å². The number of hydrogen-bond acceptors (Lipinski definition) is 5. The predicted molar refractivity (Wildman–Crippen MR) is 283 cm³/mol. The van der Waals surface area contributed by atoms with Gasteiger partial charge in [-0.3, -0.25) is 4.99 Å². The molecule has 0 saturated carbocycles. The van der Waals surface area contributed by atoms with E-state index in [0.717, 1.165) is 40.7 Å². The fourth-order valence-electron chi connectivity index (χ4n) is 8.40. The smallest absolute Gasteiger partial charge is 0.178 e. The number of fused-ring (bicyclic) bond motifs is 9. The molecule has 8 aromatic carbocycles. The highest BCUT2D eigenvalue weighted by Gasteiger charge is 2.39. The summed E-state index contributed by atoms with van der Waals surface area (Å²) in [4.78, 5) is 3.76. The van der Waals surface area contributed by atoms with Crippen LogP contribution in [0.5, 0.6) is 23.0 Å². The summed E-state index contributed by atoms with van der Waals surface area (Å²) in [5.41, 5.74) is 24.1. The van der Waals surface area contributed by atoms with Crippen molar-refractivity contribution >= 4 is 28.5 Å². The molecule has 1 aliphatic heterocycles. The molecule has 0 atom stereocenters. The number of aromatic nitrogens is 1. The molecule has 0 fully saturated rings. The molecular weight excluding hydrogens is 821 g/mol. The first kappa shape index (κ1) is 47.2. The van der Waals surface area contributed by atoms with Crippen molar-refractivity contribution in [2.75, 3.05) is 0 Å². The van der Waals surface area contributed by atoms with Gasteiger partial charge in [0.25, 0.3) is 0 Å². The van der Waals surface area contributed by atoms with Crippen molar-refractivity contribution in [1.82, 2.24) is 4.57 Å². The maximum Gasteiger partial charge on any atom is 0.178 e. The Kier molecular flexibility index (Phi) is 15.5. The van der Waals surface area contributed by atoms with Gasteiger partial charge in [-0.25, -0.2) is 0 Å². The second-order valence-electron chi connectivity index (χ2n) is 16.9. The van der Waals surface area contributed by atoms with Gasteiger partial charge in [0.1, 0.15) is 0 Å². The molecule has 2 aliphatic rings. The highest BCUT2D eigenvalue weighted by Crippen LogP contribution is 2.58. The summed E-state index contributed by atoms with van der Waals surface area (Å²) in [6, 6.07) is 64.4. The van der Waals surface area contributed by atoms with Crippen LogP contribution in [-0.4, -0.2) is 11.3 Å². The molecular formula is C61H60N4O2. The van der Waals surface area contributed by atoms with Gasteiger partial charge in [-0.05, 0) is 97.3 Å². The molecule has 1 aromatic heterocycles. The number of rotatable bonds is 5. The van der Waals surface area contributed by atoms with E-state index < -0.39 is 0 Å². The molecule has 2 heterocycles. The Balaban J connectivity index is 0.000000138. The van der Waals surface area contributed by atoms with Crippen LogP contribution >= 0.6 is 0 Å². The standard InChI is InChI=1S/C22H18O2.C19H15N.C8H9N.C7H10N2.C5H8/c1-13-7-6-10-17-20(13)23-18-12-11-16-19(21(18)24-17)14-8-4-5-9-15(14)22(16,2)3;1-14-10-12-15(13-11-14)20-18-8-4-2-6-16(18)17-7-3-5-9-19(17)20;1-9-7-8-5-3-2-4-6-8;8-7(9)6-4-2-1-3-5-6;1-3-5-4-2/h4-12H,1-3H3;2-13H,1H3;2-6H,1,7H2;1-5,7H,8-9H2;3-5H,1H2,2H3/b;;;;5-4-. The molecule has 6 nitrogen and oxygen atoms in total. The molecule has 0 bridgehead atoms. The number of ether oxygens (including phenoxy) is 2. The molecule has 0 spiro atoms. The summed E-state index contributed by atoms with van der Waals surface area (Å²) in [5.74, 6) is 3.24. The quantitative estimate of drug-likeness (QED) is 0.102. The van der Waals surface area contributed by atoms with Crippen molar-refractivity contribution in [3.63, 3.8) is 0 Å². The summed E-state index contributed by atoms with van der Waals surface area (Å²) in [5, 5.41) is 2.62. The first-order chi connectivity index (χ1) is 32.6. The summed E-state index contributed by atoms with van der Waals surface area (Å²) in [7, 11) is 0. The van der Waals surface area contributed by atoms with E-state index in [2.05, 4.69) is 147 Å². The fraction of sp³-hybridized carbons (Fsp3) is 0.131. The van der Waals surface area contributed by atoms with Crippen molar-refractivity contribution in [3.05, 3.63) is 246 Å². The number of nitrogens with two attached hydrogens (primary N) is 2. The van der Waals surface area contributed by atoms with Crippen LogP contribution in [0.2, 0.25) is 0 Å². The lowest BCUT2D eigenvalue weighted by Crippen LogP contribution is -2.19. The van der Waals surface area contributed by atoms with E-state index >= 15 is 0 Å². The second-order valence-corrected chi connectivity index (χ2v) is 16.9. The van der Waals surface area contributed by atoms with Gasteiger partial charge in [-0.15, -0.1) is 0 Å². The molecule has 4 N–H and O–H groups in total. The zero-order valence-electron chi connectivity index (χ0n) is 39.2. The van der Waals surface area contributed by atoms with E-state index in [9.17, 15) is 0 Å². The number of nitrogens with zero attached hydrogens (tertiary/aromatic N) is 2. The maximum absolute atomic E-state index is 6.33. The van der Waals surface area contributed by atoms with Gasteiger partial charge in [-0.2, -0.15) is 0 Å². The van der Waals surface area contributed by atoms with Gasteiger partial charge in [-0.1, -0.05) is 196 Å². The van der Waals surface area contributed by atoms with Crippen LogP contribution in [0.15, 0.2) is 218 Å². The Bertz CT molecular complexity index is 3060. The second kappa shape index (κ2) is 21.9. The predicted octanol–water partition coefficient (Wildman–Crippen LogP) is 15.5. The molecule has 0 unspecified atom stereocenters. The normalized spacial score (nSPS) is 12.1. The number of aryl methyl sites for hydroxylation is 2. The Morgan fingerprint density at radius 3 is 1.76 bits per heavy atom. The SMILES string of the molecule is C=C/C=C\C.C=NCc1ccccc1.Cc1ccc(-n2c3ccccc3c3ccccc32)cc1.Cc1cccc2c1Oc1ccc3c(c1O2)-c1ccccc1C3(C)C.NC(N)c1ccccc1. The van der Waals surface area contributed by atoms with Crippen LogP contribution in [0.4, 0.5) is 0 Å². The first-order valence-corrected chi connectivity index (χ1v) is 22.6. The fourth-order valence-corrected chi connectivity index (χ4v) is 8.40. The van der Waals surface area contributed by atoms with Crippen LogP contribution in [0.25, 0.3) is 38.6 Å². The topological polar surface area (TPSA) is 87.8 Å². The van der Waals surface area contributed by atoms with Gasteiger partial charge in [0.2, 0.25) is 0 Å². The number of para-hydroxylation sites is 3. The Morgan fingerprint density at radius 2 is 1.18 bits per heavy atom. The minimum atomic E-state index is -0.341. The van der Waals surface area contributed by atoms with E-state index in [-0.39, 0.29) is 11.6 Å². The average molecular weight is 881 g/mol. The van der Waals surface area contributed by atoms with Crippen molar-refractivity contribution in [2.45, 2.75) is 52.7 Å². The average Bonchev–Trinajstić information content (AvgIpc) is 3.81. The zero-order valence-corrected chi connectivity index (χ0v) is 39.2. The largest absolute Gasteiger partial charge is 0.449 e. The molecule has 11 rings (SSSR count). The van der Waals surface area contributed by atoms with Crippen LogP contribution in [0, 0.1) is 13.8 Å². The third-order valence-electron chi connectivity index (χ3n) is 11.8. The summed E-state index contributed by atoms with van der Waals surface area (Å²) < 4.78 is 14.9. The third-order valence-corrected chi connectivity index (χ3v) is 11.8. The van der Waals surface area contributed by atoms with E-state index in [0.29, 0.717) is 0 Å². The van der Waals surface area contributed by atoms with Crippen LogP contribution < -0.4 is 20.9 Å². The van der Waals surface area contributed by atoms with Crippen LogP contribution in [0.3, 0.4) is 0 Å². The number of hydrogen-bond donors (Lipinski definition) is 2. The molecule has 67 heavy (non-hydrogen) atoms. The Labute approximate surface area is 396 Å². The molecule has 0 amide bonds. The summed E-state index contributed by atoms with van der Waals surface area (Å²) >= 11 is 0. The maximum atomic E-state index is 6.33. The number of benzene rings is 8. The molecule has 0 saturated heterocycles. The van der Waals surface area contributed by atoms with Gasteiger partial charge >= 0.3 is 0 Å². The monoisotopic (exact) mass is 880 g/mol. The highest BCUT2D eigenvalue weighted by atomic mass is 16.6. The lowest BCUT2D eigenvalue weighted by Gasteiger charge is -2.26. The molecule has 336 valence electrons. The number of aliphatic imine (C=N–C) groups is 1. The van der Waals surface area contributed by atoms with Crippen LogP contribution in [-0.2, 0) is 12.0 Å². The molecule has 0 radical (unpaired) electrons. The highest BCUT2D eigenvalue weighted by molar-refractivity contribution is 6.09. The van der Waals surface area contributed by atoms with Gasteiger partial charge in [0.05, 0.1) is 23.7 Å². The van der Waals surface area contributed by atoms with Crippen molar-refractivity contribution < 1.29 is 9.47 Å². The summed E-state index contributed by atoms with van der Waals surface area (Å²) in [6.45, 7) is 18.3. The van der Waals surface area contributed by atoms with E-state index in [1.54, 1.807) is 6.08 Å². The Morgan fingerprint density at radius 1 is 0.612 bits per heavy atom. The van der Waals surface area contributed by atoms with E-state index in [4.69, 9.17) is 20.9 Å². The van der Waals surface area contributed by atoms with Crippen LogP contribution in [0.1, 0.15) is 60.3 Å². The van der Waals surface area contributed by atoms with Crippen molar-refractivity contribution in [2.24, 2.45) is 16.5 Å². The lowest BCUT2D eigenvalue weighted by molar-refractivity contribution is 0.358. The Hall–Kier alpha value is -7.77. The van der Waals surface area contributed by atoms with Crippen molar-refractivity contribution in [3.8, 4) is 39.8 Å². The van der Waals surface area contributed by atoms with Gasteiger partial charge < -0.3 is 25.5 Å². The third kappa shape index (κ3) is 10.7. The summed E-state index contributed by atoms with van der Waals surface area (Å²) in [6.07, 6.45) is 5.23. The van der Waals surface area contributed by atoms with E-state index in [1.807, 2.05) is 111 Å². The molecule has 1 aliphatic carbocycles. The molecule has 9 aromatic rings. The minimum Gasteiger partial charge on any atom is -0.449 e. The van der Waals surface area contributed by atoms with Gasteiger partial charge in [0, 0.05) is 27.4 Å². The molecule has 6 heteroatoms. The minimum absolute atomic E-state index is 0.0306. The zero-order chi connectivity index (χ0) is 47.3. The van der Waals surface area contributed by atoms with E-state index in [1.165, 1.54) is 60.9 Å². The van der Waals surface area contributed by atoms with Gasteiger partial charge in [0.15, 0.2) is 23.0 Å². The lowest BCUT2D eigenvalue weighted by atomic mass is 9.82.